The van der Waals surface area contributed by atoms with E-state index in [1.165, 1.54) is 45.2 Å². The van der Waals surface area contributed by atoms with Gasteiger partial charge in [-0.3, -0.25) is 4.90 Å². The van der Waals surface area contributed by atoms with Crippen molar-refractivity contribution < 1.29 is 0 Å². The van der Waals surface area contributed by atoms with E-state index >= 15 is 0 Å². The summed E-state index contributed by atoms with van der Waals surface area (Å²) in [5.41, 5.74) is 6.64. The predicted molar refractivity (Wildman–Crippen MR) is 60.2 cm³/mol. The minimum atomic E-state index is 0.445. The lowest BCUT2D eigenvalue weighted by molar-refractivity contribution is -0.0192. The Hall–Kier alpha value is -0.0800. The molecule has 2 heteroatoms. The Morgan fingerprint density at radius 3 is 2.57 bits per heavy atom. The molecule has 2 rings (SSSR count). The van der Waals surface area contributed by atoms with Crippen LogP contribution in [0.1, 0.15) is 46.0 Å². The number of likely N-dealkylation sites (tertiary alicyclic amines) is 1. The zero-order chi connectivity index (χ0) is 10.2. The van der Waals surface area contributed by atoms with Crippen molar-refractivity contribution in [1.82, 2.24) is 4.90 Å². The molecule has 0 bridgehead atoms. The summed E-state index contributed by atoms with van der Waals surface area (Å²) in [6, 6.07) is 0.445. The van der Waals surface area contributed by atoms with Crippen molar-refractivity contribution in [3.05, 3.63) is 0 Å². The number of nitrogens with zero attached hydrogens (tertiary/aromatic N) is 1. The van der Waals surface area contributed by atoms with Gasteiger partial charge in [-0.25, -0.2) is 0 Å². The first-order valence-electron chi connectivity index (χ1n) is 6.18. The van der Waals surface area contributed by atoms with Crippen LogP contribution in [0.3, 0.4) is 0 Å². The molecule has 2 nitrogen and oxygen atoms in total. The van der Waals surface area contributed by atoms with Crippen LogP contribution in [0.25, 0.3) is 0 Å². The van der Waals surface area contributed by atoms with Crippen LogP contribution >= 0.6 is 0 Å². The van der Waals surface area contributed by atoms with Gasteiger partial charge < -0.3 is 5.73 Å². The Kier molecular flexibility index (Phi) is 2.85. The van der Waals surface area contributed by atoms with Crippen LogP contribution in [0.15, 0.2) is 0 Å². The number of nitrogens with two attached hydrogens (primary N) is 1. The molecule has 1 aliphatic heterocycles. The van der Waals surface area contributed by atoms with E-state index in [0.29, 0.717) is 17.5 Å². The van der Waals surface area contributed by atoms with E-state index in [9.17, 15) is 0 Å². The van der Waals surface area contributed by atoms with Crippen LogP contribution in [-0.4, -0.2) is 29.6 Å². The first kappa shape index (κ1) is 10.4. The largest absolute Gasteiger partial charge is 0.327 e. The molecular weight excluding hydrogens is 172 g/mol. The number of piperidine rings is 1. The molecule has 2 unspecified atom stereocenters. The van der Waals surface area contributed by atoms with E-state index in [-0.39, 0.29) is 0 Å². The molecule has 2 N–H and O–H groups in total. The van der Waals surface area contributed by atoms with Crippen molar-refractivity contribution in [1.29, 1.82) is 0 Å². The summed E-state index contributed by atoms with van der Waals surface area (Å²) in [4.78, 5) is 2.73. The highest BCUT2D eigenvalue weighted by molar-refractivity contribution is 4.99. The normalized spacial score (nSPS) is 37.9. The van der Waals surface area contributed by atoms with E-state index in [4.69, 9.17) is 5.73 Å². The van der Waals surface area contributed by atoms with Crippen LogP contribution in [0.2, 0.25) is 0 Å². The lowest BCUT2D eigenvalue weighted by Gasteiger charge is -2.53. The fourth-order valence-corrected chi connectivity index (χ4v) is 3.07. The summed E-state index contributed by atoms with van der Waals surface area (Å²) >= 11 is 0. The van der Waals surface area contributed by atoms with Crippen molar-refractivity contribution in [3.8, 4) is 0 Å². The van der Waals surface area contributed by atoms with E-state index in [1.54, 1.807) is 0 Å². The molecule has 14 heavy (non-hydrogen) atoms. The first-order valence-corrected chi connectivity index (χ1v) is 6.18. The van der Waals surface area contributed by atoms with E-state index < -0.39 is 0 Å². The summed E-state index contributed by atoms with van der Waals surface area (Å²) in [7, 11) is 0. The Labute approximate surface area is 87.8 Å². The molecule has 0 spiro atoms. The second kappa shape index (κ2) is 3.82. The van der Waals surface area contributed by atoms with Gasteiger partial charge in [-0.05, 0) is 38.0 Å². The second-order valence-corrected chi connectivity index (χ2v) is 5.31. The number of hydrogen-bond acceptors (Lipinski definition) is 2. The van der Waals surface area contributed by atoms with Crippen LogP contribution in [-0.2, 0) is 0 Å². The quantitative estimate of drug-likeness (QED) is 0.732. The molecule has 1 aliphatic carbocycles. The van der Waals surface area contributed by atoms with Crippen molar-refractivity contribution >= 4 is 0 Å². The van der Waals surface area contributed by atoms with Crippen LogP contribution in [0.5, 0.6) is 0 Å². The van der Waals surface area contributed by atoms with Gasteiger partial charge >= 0.3 is 0 Å². The third kappa shape index (κ3) is 1.59. The molecule has 0 amide bonds. The molecule has 1 saturated carbocycles. The number of rotatable bonds is 2. The maximum Gasteiger partial charge on any atom is 0.0207 e. The summed E-state index contributed by atoms with van der Waals surface area (Å²) in [6.45, 7) is 7.12. The molecule has 0 aromatic heterocycles. The van der Waals surface area contributed by atoms with Crippen molar-refractivity contribution in [2.75, 3.05) is 13.1 Å². The molecule has 2 fully saturated rings. The average molecular weight is 196 g/mol. The van der Waals surface area contributed by atoms with E-state index in [0.717, 1.165) is 0 Å². The predicted octanol–water partition coefficient (Wildman–Crippen LogP) is 1.99. The van der Waals surface area contributed by atoms with Gasteiger partial charge in [0, 0.05) is 24.7 Å². The molecule has 0 radical (unpaired) electrons. The molecule has 0 aromatic rings. The van der Waals surface area contributed by atoms with Gasteiger partial charge in [-0.15, -0.1) is 0 Å². The monoisotopic (exact) mass is 196 g/mol. The van der Waals surface area contributed by atoms with Crippen molar-refractivity contribution in [2.45, 2.75) is 57.5 Å². The minimum Gasteiger partial charge on any atom is -0.327 e. The molecule has 2 aliphatic rings. The Morgan fingerprint density at radius 2 is 2.14 bits per heavy atom. The maximum atomic E-state index is 6.06. The summed E-state index contributed by atoms with van der Waals surface area (Å²) in [6.07, 6.45) is 6.81. The van der Waals surface area contributed by atoms with Gasteiger partial charge in [-0.1, -0.05) is 13.8 Å². The van der Waals surface area contributed by atoms with Gasteiger partial charge in [0.05, 0.1) is 0 Å². The molecule has 1 heterocycles. The van der Waals surface area contributed by atoms with E-state index in [1.807, 2.05) is 0 Å². The Balaban J connectivity index is 1.98. The van der Waals surface area contributed by atoms with Crippen molar-refractivity contribution in [3.63, 3.8) is 0 Å². The molecule has 2 atom stereocenters. The summed E-state index contributed by atoms with van der Waals surface area (Å²) < 4.78 is 0. The Bertz CT molecular complexity index is 193. The van der Waals surface area contributed by atoms with Crippen LogP contribution in [0, 0.1) is 5.92 Å². The van der Waals surface area contributed by atoms with Crippen molar-refractivity contribution in [2.24, 2.45) is 11.7 Å². The standard InChI is InChI=1S/C12H24N2/c1-3-12(6-4-7-12)14-8-5-11(13)10(2)9-14/h10-11H,3-9,13H2,1-2H3. The lowest BCUT2D eigenvalue weighted by atomic mass is 9.72. The molecule has 1 saturated heterocycles. The third-order valence-corrected chi connectivity index (χ3v) is 4.58. The van der Waals surface area contributed by atoms with Gasteiger partial charge in [0.2, 0.25) is 0 Å². The third-order valence-electron chi connectivity index (χ3n) is 4.58. The lowest BCUT2D eigenvalue weighted by Crippen LogP contribution is -2.59. The fourth-order valence-electron chi connectivity index (χ4n) is 3.07. The Morgan fingerprint density at radius 1 is 1.43 bits per heavy atom. The van der Waals surface area contributed by atoms with Gasteiger partial charge in [0.15, 0.2) is 0 Å². The van der Waals surface area contributed by atoms with E-state index in [2.05, 4.69) is 18.7 Å². The highest BCUT2D eigenvalue weighted by atomic mass is 15.2. The molecular formula is C12H24N2. The fraction of sp³-hybridized carbons (Fsp3) is 1.00. The molecule has 82 valence electrons. The molecule has 0 aromatic carbocycles. The first-order chi connectivity index (χ1) is 6.68. The zero-order valence-corrected chi connectivity index (χ0v) is 9.63. The van der Waals surface area contributed by atoms with Gasteiger partial charge in [-0.2, -0.15) is 0 Å². The topological polar surface area (TPSA) is 29.3 Å². The highest BCUT2D eigenvalue weighted by Crippen LogP contribution is 2.42. The average Bonchev–Trinajstić information content (AvgIpc) is 2.10. The van der Waals surface area contributed by atoms with Gasteiger partial charge in [0.25, 0.3) is 0 Å². The van der Waals surface area contributed by atoms with Crippen LogP contribution in [0.4, 0.5) is 0 Å². The highest BCUT2D eigenvalue weighted by Gasteiger charge is 2.42. The maximum absolute atomic E-state index is 6.06. The minimum absolute atomic E-state index is 0.445. The smallest absolute Gasteiger partial charge is 0.0207 e. The number of hydrogen-bond donors (Lipinski definition) is 1. The summed E-state index contributed by atoms with van der Waals surface area (Å²) in [5.74, 6) is 0.688. The SMILES string of the molecule is CCC1(N2CCC(N)C(C)C2)CCC1. The van der Waals surface area contributed by atoms with Gasteiger partial charge in [0.1, 0.15) is 0 Å². The second-order valence-electron chi connectivity index (χ2n) is 5.31. The van der Waals surface area contributed by atoms with Crippen LogP contribution < -0.4 is 5.73 Å². The zero-order valence-electron chi connectivity index (χ0n) is 9.63. The summed E-state index contributed by atoms with van der Waals surface area (Å²) in [5, 5.41) is 0.